The molecule has 8 heteroatoms. The number of benzene rings is 2. The maximum absolute atomic E-state index is 13.1. The van der Waals surface area contributed by atoms with Gasteiger partial charge in [-0.1, -0.05) is 30.3 Å². The summed E-state index contributed by atoms with van der Waals surface area (Å²) in [7, 11) is -3.63. The molecule has 2 heterocycles. The molecule has 1 fully saturated rings. The molecule has 7 nitrogen and oxygen atoms in total. The second-order valence-electron chi connectivity index (χ2n) is 7.85. The molecule has 4 rings (SSSR count). The Hall–Kier alpha value is -2.68. The minimum Gasteiger partial charge on any atom is -0.361 e. The van der Waals surface area contributed by atoms with E-state index in [-0.39, 0.29) is 23.8 Å². The van der Waals surface area contributed by atoms with Crippen LogP contribution in [0, 0.1) is 0 Å². The van der Waals surface area contributed by atoms with E-state index in [0.717, 1.165) is 25.2 Å². The number of carbonyl (C=O) groups excluding carboxylic acids is 1. The van der Waals surface area contributed by atoms with Crippen molar-refractivity contribution in [2.24, 2.45) is 0 Å². The van der Waals surface area contributed by atoms with E-state index < -0.39 is 10.0 Å². The quantitative estimate of drug-likeness (QED) is 0.653. The van der Waals surface area contributed by atoms with Crippen molar-refractivity contribution < 1.29 is 13.2 Å². The summed E-state index contributed by atoms with van der Waals surface area (Å²) in [5, 5.41) is 4.10. The second kappa shape index (κ2) is 9.64. The normalized spacial score (nSPS) is 17.9. The van der Waals surface area contributed by atoms with Crippen LogP contribution in [0.1, 0.15) is 18.4 Å². The summed E-state index contributed by atoms with van der Waals surface area (Å²) in [4.78, 5) is 18.0. The average Bonchev–Trinajstić information content (AvgIpc) is 3.22. The molecule has 0 bridgehead atoms. The predicted octanol–water partition coefficient (Wildman–Crippen LogP) is 2.57. The molecule has 1 aliphatic heterocycles. The third-order valence-electron chi connectivity index (χ3n) is 5.63. The number of aromatic amines is 1. The molecule has 1 amide bonds. The first-order valence-electron chi connectivity index (χ1n) is 10.6. The fourth-order valence-electron chi connectivity index (χ4n) is 3.95. The summed E-state index contributed by atoms with van der Waals surface area (Å²) >= 11 is 0. The number of rotatable bonds is 4. The van der Waals surface area contributed by atoms with Crippen LogP contribution in [0.2, 0.25) is 0 Å². The van der Waals surface area contributed by atoms with Crippen molar-refractivity contribution in [1.82, 2.24) is 19.5 Å². The first kappa shape index (κ1) is 21.5. The number of aromatic nitrogens is 1. The lowest BCUT2D eigenvalue weighted by atomic mass is 10.1. The van der Waals surface area contributed by atoms with Gasteiger partial charge < -0.3 is 10.3 Å². The van der Waals surface area contributed by atoms with E-state index in [4.69, 9.17) is 0 Å². The summed E-state index contributed by atoms with van der Waals surface area (Å²) in [6.07, 6.45) is 2.79. The third-order valence-corrected chi connectivity index (χ3v) is 7.54. The number of nitrogens with zero attached hydrogens (tertiary/aromatic N) is 2. The summed E-state index contributed by atoms with van der Waals surface area (Å²) in [5.41, 5.74) is 2.29. The fourth-order valence-corrected chi connectivity index (χ4v) is 5.45. The Morgan fingerprint density at radius 3 is 2.61 bits per heavy atom. The van der Waals surface area contributed by atoms with Crippen molar-refractivity contribution in [3.05, 3.63) is 66.4 Å². The summed E-state index contributed by atoms with van der Waals surface area (Å²) in [6, 6.07) is 16.8. The lowest BCUT2D eigenvalue weighted by Crippen LogP contribution is -2.36. The topological polar surface area (TPSA) is 85.5 Å². The standard InChI is InChI=1S/C23H28N4O3S/c28-23-10-15-27(31(29,30)21-5-2-1-3-6-21)14-4-13-26(16-12-25-23)18-19-7-8-20-9-11-24-22(20)17-19/h1-3,5-9,11,17,24H,4,10,12-16,18H2,(H,25,28). The molecule has 3 aromatic rings. The van der Waals surface area contributed by atoms with Gasteiger partial charge in [0.1, 0.15) is 0 Å². The lowest BCUT2D eigenvalue weighted by molar-refractivity contribution is -0.121. The maximum atomic E-state index is 13.1. The number of carbonyl (C=O) groups is 1. The van der Waals surface area contributed by atoms with Crippen molar-refractivity contribution in [1.29, 1.82) is 0 Å². The Labute approximate surface area is 183 Å². The van der Waals surface area contributed by atoms with Gasteiger partial charge in [-0.2, -0.15) is 4.31 Å². The van der Waals surface area contributed by atoms with E-state index in [2.05, 4.69) is 33.4 Å². The van der Waals surface area contributed by atoms with Gasteiger partial charge in [0.15, 0.2) is 0 Å². The molecule has 31 heavy (non-hydrogen) atoms. The van der Waals surface area contributed by atoms with Gasteiger partial charge in [-0.05, 0) is 48.2 Å². The summed E-state index contributed by atoms with van der Waals surface area (Å²) in [5.74, 6) is -0.122. The Bertz CT molecular complexity index is 1130. The van der Waals surface area contributed by atoms with Gasteiger partial charge in [0.2, 0.25) is 15.9 Å². The SMILES string of the molecule is O=C1CCN(S(=O)(=O)c2ccccc2)CCCN(Cc2ccc3cc[nH]c3c2)CCN1. The number of hydrogen-bond donors (Lipinski definition) is 2. The second-order valence-corrected chi connectivity index (χ2v) is 9.78. The molecule has 0 saturated carbocycles. The van der Waals surface area contributed by atoms with Crippen molar-refractivity contribution in [2.45, 2.75) is 24.3 Å². The summed E-state index contributed by atoms with van der Waals surface area (Å²) < 4.78 is 27.6. The van der Waals surface area contributed by atoms with Crippen LogP contribution in [0.5, 0.6) is 0 Å². The minimum atomic E-state index is -3.63. The smallest absolute Gasteiger partial charge is 0.243 e. The van der Waals surface area contributed by atoms with Crippen LogP contribution in [0.4, 0.5) is 0 Å². The molecule has 164 valence electrons. The van der Waals surface area contributed by atoms with E-state index in [1.165, 1.54) is 15.3 Å². The Morgan fingerprint density at radius 1 is 0.935 bits per heavy atom. The molecule has 0 aliphatic carbocycles. The van der Waals surface area contributed by atoms with Gasteiger partial charge in [-0.15, -0.1) is 0 Å². The van der Waals surface area contributed by atoms with Crippen molar-refractivity contribution in [3.8, 4) is 0 Å². The van der Waals surface area contributed by atoms with E-state index in [1.807, 2.05) is 12.3 Å². The highest BCUT2D eigenvalue weighted by Crippen LogP contribution is 2.18. The van der Waals surface area contributed by atoms with Crippen LogP contribution < -0.4 is 5.32 Å². The molecule has 2 aromatic carbocycles. The van der Waals surface area contributed by atoms with Gasteiger partial charge in [-0.3, -0.25) is 9.69 Å². The van der Waals surface area contributed by atoms with Gasteiger partial charge in [0.25, 0.3) is 0 Å². The Balaban J connectivity index is 1.47. The van der Waals surface area contributed by atoms with Gasteiger partial charge in [0.05, 0.1) is 4.90 Å². The van der Waals surface area contributed by atoms with Gasteiger partial charge >= 0.3 is 0 Å². The molecule has 1 saturated heterocycles. The van der Waals surface area contributed by atoms with E-state index in [9.17, 15) is 13.2 Å². The molecule has 1 aliphatic rings. The van der Waals surface area contributed by atoms with E-state index >= 15 is 0 Å². The predicted molar refractivity (Wildman–Crippen MR) is 121 cm³/mol. The van der Waals surface area contributed by atoms with Crippen LogP contribution >= 0.6 is 0 Å². The Kier molecular flexibility index (Phi) is 6.70. The molecular weight excluding hydrogens is 412 g/mol. The van der Waals surface area contributed by atoms with Crippen molar-refractivity contribution >= 4 is 26.8 Å². The third kappa shape index (κ3) is 5.33. The number of hydrogen-bond acceptors (Lipinski definition) is 4. The zero-order chi connectivity index (χ0) is 21.7. The van der Waals surface area contributed by atoms with Gasteiger partial charge in [-0.25, -0.2) is 8.42 Å². The Morgan fingerprint density at radius 2 is 1.77 bits per heavy atom. The van der Waals surface area contributed by atoms with Crippen LogP contribution in [0.15, 0.2) is 65.7 Å². The molecule has 0 spiro atoms. The summed E-state index contributed by atoms with van der Waals surface area (Å²) in [6.45, 7) is 3.34. The van der Waals surface area contributed by atoms with Gasteiger partial charge in [0, 0.05) is 50.9 Å². The molecule has 1 aromatic heterocycles. The monoisotopic (exact) mass is 440 g/mol. The maximum Gasteiger partial charge on any atom is 0.243 e. The van der Waals surface area contributed by atoms with E-state index in [0.29, 0.717) is 19.5 Å². The molecule has 0 atom stereocenters. The first-order chi connectivity index (χ1) is 15.0. The largest absolute Gasteiger partial charge is 0.361 e. The van der Waals surface area contributed by atoms with Crippen molar-refractivity contribution in [3.63, 3.8) is 0 Å². The first-order valence-corrected chi connectivity index (χ1v) is 12.1. The number of H-pyrrole nitrogens is 1. The zero-order valence-corrected chi connectivity index (χ0v) is 18.3. The highest BCUT2D eigenvalue weighted by atomic mass is 32.2. The van der Waals surface area contributed by atoms with E-state index in [1.54, 1.807) is 30.3 Å². The number of amides is 1. The molecule has 2 N–H and O–H groups in total. The zero-order valence-electron chi connectivity index (χ0n) is 17.5. The minimum absolute atomic E-state index is 0.122. The highest BCUT2D eigenvalue weighted by molar-refractivity contribution is 7.89. The number of nitrogens with one attached hydrogen (secondary N) is 2. The molecule has 0 radical (unpaired) electrons. The lowest BCUT2D eigenvalue weighted by Gasteiger charge is -2.24. The fraction of sp³-hybridized carbons (Fsp3) is 0.348. The van der Waals surface area contributed by atoms with Crippen LogP contribution in [-0.2, 0) is 21.4 Å². The van der Waals surface area contributed by atoms with Crippen molar-refractivity contribution in [2.75, 3.05) is 32.7 Å². The molecular formula is C23H28N4O3S. The number of fused-ring (bicyclic) bond motifs is 1. The molecule has 0 unspecified atom stereocenters. The highest BCUT2D eigenvalue weighted by Gasteiger charge is 2.25. The number of sulfonamides is 1. The van der Waals surface area contributed by atoms with Crippen LogP contribution in [-0.4, -0.2) is 61.2 Å². The average molecular weight is 441 g/mol. The van der Waals surface area contributed by atoms with Crippen LogP contribution in [0.25, 0.3) is 10.9 Å². The van der Waals surface area contributed by atoms with Crippen LogP contribution in [0.3, 0.4) is 0 Å².